The molecule has 7 heteroatoms. The second-order valence-corrected chi connectivity index (χ2v) is 5.27. The molecule has 3 rings (SSSR count). The largest absolute Gasteiger partial charge is 0.481 e. The van der Waals surface area contributed by atoms with E-state index in [0.717, 1.165) is 22.6 Å². The van der Waals surface area contributed by atoms with E-state index in [9.17, 15) is 0 Å². The molecule has 0 aliphatic carbocycles. The van der Waals surface area contributed by atoms with E-state index in [4.69, 9.17) is 4.74 Å². The molecular weight excluding hydrogens is 304 g/mol. The molecule has 0 spiro atoms. The second-order valence-electron chi connectivity index (χ2n) is 5.27. The number of hydrogen-bond acceptors (Lipinski definition) is 6. The Labute approximate surface area is 139 Å². The van der Waals surface area contributed by atoms with Crippen molar-refractivity contribution < 1.29 is 4.74 Å². The van der Waals surface area contributed by atoms with Crippen molar-refractivity contribution in [2.75, 3.05) is 12.4 Å². The van der Waals surface area contributed by atoms with Crippen molar-refractivity contribution in [3.63, 3.8) is 0 Å². The van der Waals surface area contributed by atoms with Crippen LogP contribution in [-0.4, -0.2) is 33.2 Å². The van der Waals surface area contributed by atoms with Crippen molar-refractivity contribution in [1.29, 1.82) is 0 Å². The quantitative estimate of drug-likeness (QED) is 0.731. The van der Waals surface area contributed by atoms with E-state index in [1.165, 1.54) is 0 Å². The predicted molar refractivity (Wildman–Crippen MR) is 94.4 cm³/mol. The fourth-order valence-electron chi connectivity index (χ4n) is 2.38. The molecule has 0 aromatic carbocycles. The number of hydrogen-bond donors (Lipinski definition) is 1. The van der Waals surface area contributed by atoms with Crippen LogP contribution in [0.3, 0.4) is 0 Å². The first-order chi connectivity index (χ1) is 11.6. The summed E-state index contributed by atoms with van der Waals surface area (Å²) in [5.74, 6) is 1.19. The summed E-state index contributed by atoms with van der Waals surface area (Å²) in [5, 5.41) is 3.17. The average Bonchev–Trinajstić information content (AvgIpc) is 2.92. The summed E-state index contributed by atoms with van der Waals surface area (Å²) >= 11 is 0. The summed E-state index contributed by atoms with van der Waals surface area (Å²) in [4.78, 5) is 17.1. The SMILES string of the molecule is C=N/C(=C\Nc1ccc(OC)nc1)c1c(C)nc2ncc(C)cn12. The molecule has 0 unspecified atom stereocenters. The molecule has 7 nitrogen and oxygen atoms in total. The van der Waals surface area contributed by atoms with Gasteiger partial charge in [-0.2, -0.15) is 0 Å². The van der Waals surface area contributed by atoms with Gasteiger partial charge >= 0.3 is 0 Å². The number of aliphatic imine (C=N–C) groups is 1. The van der Waals surface area contributed by atoms with Crippen molar-refractivity contribution in [3.05, 3.63) is 53.9 Å². The Balaban J connectivity index is 1.97. The lowest BCUT2D eigenvalue weighted by Gasteiger charge is -2.06. The van der Waals surface area contributed by atoms with Gasteiger partial charge in [0.1, 0.15) is 5.70 Å². The maximum absolute atomic E-state index is 5.05. The number of rotatable bonds is 5. The molecule has 3 aromatic rings. The highest BCUT2D eigenvalue weighted by atomic mass is 16.5. The first-order valence-corrected chi connectivity index (χ1v) is 7.37. The zero-order chi connectivity index (χ0) is 17.1. The fourth-order valence-corrected chi connectivity index (χ4v) is 2.38. The summed E-state index contributed by atoms with van der Waals surface area (Å²) in [7, 11) is 1.58. The van der Waals surface area contributed by atoms with E-state index >= 15 is 0 Å². The van der Waals surface area contributed by atoms with Crippen LogP contribution in [0.25, 0.3) is 11.5 Å². The summed E-state index contributed by atoms with van der Waals surface area (Å²) in [5.41, 5.74) is 4.21. The normalized spacial score (nSPS) is 11.5. The summed E-state index contributed by atoms with van der Waals surface area (Å²) in [6, 6.07) is 3.65. The third-order valence-corrected chi connectivity index (χ3v) is 3.52. The highest BCUT2D eigenvalue weighted by Crippen LogP contribution is 2.22. The Morgan fingerprint density at radius 1 is 1.29 bits per heavy atom. The van der Waals surface area contributed by atoms with Gasteiger partial charge in [0.05, 0.1) is 30.4 Å². The van der Waals surface area contributed by atoms with Crippen LogP contribution in [0.2, 0.25) is 0 Å². The average molecular weight is 322 g/mol. The smallest absolute Gasteiger partial charge is 0.234 e. The molecule has 1 N–H and O–H groups in total. The number of methoxy groups -OCH3 is 1. The lowest BCUT2D eigenvalue weighted by atomic mass is 10.2. The monoisotopic (exact) mass is 322 g/mol. The van der Waals surface area contributed by atoms with Gasteiger partial charge in [-0.3, -0.25) is 9.39 Å². The summed E-state index contributed by atoms with van der Waals surface area (Å²) < 4.78 is 6.96. The van der Waals surface area contributed by atoms with Crippen LogP contribution in [0.5, 0.6) is 5.88 Å². The number of aryl methyl sites for hydroxylation is 2. The number of fused-ring (bicyclic) bond motifs is 1. The van der Waals surface area contributed by atoms with Crippen molar-refractivity contribution in [2.45, 2.75) is 13.8 Å². The van der Waals surface area contributed by atoms with Gasteiger partial charge in [0, 0.05) is 24.7 Å². The van der Waals surface area contributed by atoms with Crippen molar-refractivity contribution in [1.82, 2.24) is 19.4 Å². The van der Waals surface area contributed by atoms with E-state index in [1.54, 1.807) is 31.8 Å². The Kier molecular flexibility index (Phi) is 4.24. The molecule has 3 aromatic heterocycles. The molecule has 0 aliphatic heterocycles. The van der Waals surface area contributed by atoms with Crippen molar-refractivity contribution in [2.24, 2.45) is 4.99 Å². The molecular formula is C17H18N6O. The first-order valence-electron chi connectivity index (χ1n) is 7.37. The number of pyridine rings is 1. The Morgan fingerprint density at radius 2 is 2.12 bits per heavy atom. The van der Waals surface area contributed by atoms with Gasteiger partial charge in [-0.05, 0) is 32.2 Å². The minimum absolute atomic E-state index is 0.561. The van der Waals surface area contributed by atoms with Crippen LogP contribution in [-0.2, 0) is 0 Å². The topological polar surface area (TPSA) is 76.7 Å². The highest BCUT2D eigenvalue weighted by Gasteiger charge is 2.13. The minimum atomic E-state index is 0.561. The van der Waals surface area contributed by atoms with Crippen LogP contribution in [0.15, 0.2) is 41.9 Å². The number of nitrogens with one attached hydrogen (secondary N) is 1. The highest BCUT2D eigenvalue weighted by molar-refractivity contribution is 5.71. The molecule has 0 fully saturated rings. The zero-order valence-corrected chi connectivity index (χ0v) is 13.8. The third kappa shape index (κ3) is 2.96. The molecule has 122 valence electrons. The lowest BCUT2D eigenvalue weighted by Crippen LogP contribution is -1.98. The maximum atomic E-state index is 5.05. The van der Waals surface area contributed by atoms with Gasteiger partial charge in [0.25, 0.3) is 0 Å². The number of anilines is 1. The van der Waals surface area contributed by atoms with E-state index in [0.29, 0.717) is 17.4 Å². The lowest BCUT2D eigenvalue weighted by molar-refractivity contribution is 0.398. The number of ether oxygens (including phenoxy) is 1. The minimum Gasteiger partial charge on any atom is -0.481 e. The predicted octanol–water partition coefficient (Wildman–Crippen LogP) is 2.86. The Hall–Kier alpha value is -3.22. The van der Waals surface area contributed by atoms with E-state index in [1.807, 2.05) is 30.5 Å². The van der Waals surface area contributed by atoms with Crippen LogP contribution in [0.4, 0.5) is 5.69 Å². The molecule has 0 saturated carbocycles. The summed E-state index contributed by atoms with van der Waals surface area (Å²) in [6.45, 7) is 7.58. The molecule has 0 atom stereocenters. The van der Waals surface area contributed by atoms with E-state index in [-0.39, 0.29) is 0 Å². The van der Waals surface area contributed by atoms with Gasteiger partial charge < -0.3 is 10.1 Å². The van der Waals surface area contributed by atoms with Gasteiger partial charge in [-0.1, -0.05) is 0 Å². The van der Waals surface area contributed by atoms with Crippen molar-refractivity contribution >= 4 is 23.9 Å². The van der Waals surface area contributed by atoms with Crippen LogP contribution in [0, 0.1) is 13.8 Å². The van der Waals surface area contributed by atoms with E-state index < -0.39 is 0 Å². The van der Waals surface area contributed by atoms with Crippen LogP contribution < -0.4 is 10.1 Å². The first kappa shape index (κ1) is 15.7. The molecule has 0 radical (unpaired) electrons. The number of nitrogens with zero attached hydrogens (tertiary/aromatic N) is 5. The summed E-state index contributed by atoms with van der Waals surface area (Å²) in [6.07, 6.45) is 7.22. The van der Waals surface area contributed by atoms with Crippen LogP contribution in [0.1, 0.15) is 17.0 Å². The van der Waals surface area contributed by atoms with Crippen LogP contribution >= 0.6 is 0 Å². The molecule has 0 amide bonds. The Morgan fingerprint density at radius 3 is 2.79 bits per heavy atom. The fraction of sp³-hybridized carbons (Fsp3) is 0.176. The number of imidazole rings is 1. The molecule has 0 saturated heterocycles. The molecule has 0 aliphatic rings. The molecule has 0 bridgehead atoms. The van der Waals surface area contributed by atoms with Gasteiger partial charge in [-0.25, -0.2) is 15.0 Å². The standard InChI is InChI=1S/C17H18N6O/c1-11-7-21-17-22-12(2)16(23(17)10-11)14(18-3)9-19-13-5-6-15(24-4)20-8-13/h5-10,19H,3H2,1-2,4H3/b14-9-. The third-order valence-electron chi connectivity index (χ3n) is 3.52. The Bertz CT molecular complexity index is 911. The second kappa shape index (κ2) is 6.49. The zero-order valence-electron chi connectivity index (χ0n) is 13.8. The van der Waals surface area contributed by atoms with Crippen molar-refractivity contribution in [3.8, 4) is 5.88 Å². The van der Waals surface area contributed by atoms with Gasteiger partial charge in [0.15, 0.2) is 0 Å². The van der Waals surface area contributed by atoms with Gasteiger partial charge in [0.2, 0.25) is 11.7 Å². The number of aromatic nitrogens is 4. The maximum Gasteiger partial charge on any atom is 0.234 e. The molecule has 24 heavy (non-hydrogen) atoms. The molecule has 3 heterocycles. The van der Waals surface area contributed by atoms with E-state index in [2.05, 4.69) is 32.0 Å². The van der Waals surface area contributed by atoms with Gasteiger partial charge in [-0.15, -0.1) is 0 Å².